The van der Waals surface area contributed by atoms with Gasteiger partial charge in [-0.3, -0.25) is 30.3 Å². The van der Waals surface area contributed by atoms with Crippen molar-refractivity contribution in [1.82, 2.24) is 0 Å². The summed E-state index contributed by atoms with van der Waals surface area (Å²) in [6, 6.07) is 1.14. The summed E-state index contributed by atoms with van der Waals surface area (Å²) in [5.41, 5.74) is 1.96. The Hall–Kier alpha value is -2.30. The zero-order valence-electron chi connectivity index (χ0n) is 7.93. The van der Waals surface area contributed by atoms with Crippen LogP contribution in [0.1, 0.15) is 0 Å². The molecule has 0 saturated carbocycles. The number of hydrogen-bond donors (Lipinski definition) is 1. The number of non-ortho nitro benzene ring substituents is 1. The first kappa shape index (κ1) is 14.7. The zero-order valence-corrected chi connectivity index (χ0v) is 9.64. The van der Waals surface area contributed by atoms with Crippen LogP contribution in [0.3, 0.4) is 0 Å². The Morgan fingerprint density at radius 1 is 0.882 bits per heavy atom. The second-order valence-corrected chi connectivity index (χ2v) is 2.67. The molecule has 0 aliphatic carbocycles. The molecule has 1 aromatic carbocycles. The predicted octanol–water partition coefficient (Wildman–Crippen LogP) is 1.57. The van der Waals surface area contributed by atoms with Crippen LogP contribution in [0.2, 0.25) is 0 Å². The molecule has 0 bridgehead atoms. The lowest BCUT2D eigenvalue weighted by Gasteiger charge is -1.98. The van der Waals surface area contributed by atoms with Crippen molar-refractivity contribution in [1.29, 1.82) is 0 Å². The van der Waals surface area contributed by atoms with Gasteiger partial charge in [0.15, 0.2) is 5.69 Å². The Morgan fingerprint density at radius 3 is 1.47 bits per heavy atom. The lowest BCUT2D eigenvalue weighted by molar-refractivity contribution is -0.401. The topological polar surface area (TPSA) is 155 Å². The van der Waals surface area contributed by atoms with Crippen LogP contribution < -0.4 is 5.73 Å². The van der Waals surface area contributed by atoms with Crippen molar-refractivity contribution >= 4 is 39.7 Å². The lowest BCUT2D eigenvalue weighted by Crippen LogP contribution is -2.02. The molecule has 1 aromatic rings. The highest BCUT2D eigenvalue weighted by Gasteiger charge is 2.28. The van der Waals surface area contributed by atoms with E-state index in [1.165, 1.54) is 0 Å². The van der Waals surface area contributed by atoms with Gasteiger partial charge in [-0.05, 0) is 0 Å². The summed E-state index contributed by atoms with van der Waals surface area (Å²) in [6.07, 6.45) is 0. The predicted molar refractivity (Wildman–Crippen MR) is 61.1 cm³/mol. The third-order valence-corrected chi connectivity index (χ3v) is 1.73. The highest BCUT2D eigenvalue weighted by molar-refractivity contribution is 8.93. The first-order valence-electron chi connectivity index (χ1n) is 3.71. The highest BCUT2D eigenvalue weighted by Crippen LogP contribution is 2.35. The van der Waals surface area contributed by atoms with Gasteiger partial charge in [0.25, 0.3) is 5.69 Å². The average Bonchev–Trinajstić information content (AvgIpc) is 2.16. The van der Waals surface area contributed by atoms with Gasteiger partial charge in [0.2, 0.25) is 0 Å². The maximum absolute atomic E-state index is 10.5. The smallest absolute Gasteiger partial charge is 0.306 e. The van der Waals surface area contributed by atoms with Gasteiger partial charge in [-0.2, -0.15) is 0 Å². The molecule has 0 radical (unpaired) electrons. The van der Waals surface area contributed by atoms with E-state index in [0.29, 0.717) is 12.1 Å². The molecule has 0 spiro atoms. The molecule has 1 rings (SSSR count). The molecule has 10 nitrogen and oxygen atoms in total. The van der Waals surface area contributed by atoms with Gasteiger partial charge < -0.3 is 5.73 Å². The fourth-order valence-electron chi connectivity index (χ4n) is 1.02. The van der Waals surface area contributed by atoms with E-state index in [0.717, 1.165) is 0 Å². The number of nitro benzene ring substituents is 3. The van der Waals surface area contributed by atoms with E-state index in [2.05, 4.69) is 0 Å². The largest absolute Gasteiger partial charge is 0.387 e. The number of nitrogens with zero attached hydrogens (tertiary/aromatic N) is 3. The van der Waals surface area contributed by atoms with Gasteiger partial charge in [-0.1, -0.05) is 0 Å². The maximum Gasteiger partial charge on any atom is 0.306 e. The normalized spacial score (nSPS) is 9.18. The second kappa shape index (κ2) is 5.16. The van der Waals surface area contributed by atoms with E-state index in [9.17, 15) is 30.3 Å². The molecule has 2 N–H and O–H groups in total. The number of halogens is 1. The van der Waals surface area contributed by atoms with Gasteiger partial charge in [0.05, 0.1) is 26.9 Å². The number of nitrogens with two attached hydrogens (primary N) is 1. The van der Waals surface area contributed by atoms with Crippen LogP contribution in [-0.2, 0) is 0 Å². The van der Waals surface area contributed by atoms with Crippen LogP contribution >= 0.6 is 17.0 Å². The summed E-state index contributed by atoms with van der Waals surface area (Å²) in [5, 5.41) is 31.3. The van der Waals surface area contributed by atoms with Crippen molar-refractivity contribution in [2.24, 2.45) is 0 Å². The second-order valence-electron chi connectivity index (χ2n) is 2.67. The molecule has 0 atom stereocenters. The summed E-state index contributed by atoms with van der Waals surface area (Å²) in [6.45, 7) is 0. The third-order valence-electron chi connectivity index (χ3n) is 1.73. The zero-order chi connectivity index (χ0) is 12.5. The molecule has 0 unspecified atom stereocenters. The number of nitro groups is 3. The van der Waals surface area contributed by atoms with E-state index in [1.807, 2.05) is 0 Å². The molecule has 0 aliphatic heterocycles. The Labute approximate surface area is 103 Å². The van der Waals surface area contributed by atoms with Gasteiger partial charge in [-0.15, -0.1) is 17.0 Å². The number of nitrogen functional groups attached to an aromatic ring is 1. The first-order chi connectivity index (χ1) is 7.34. The number of benzene rings is 1. The molecule has 0 saturated heterocycles. The molecular formula is C6H5BrN4O6. The maximum atomic E-state index is 10.5. The van der Waals surface area contributed by atoms with Crippen LogP contribution in [0.15, 0.2) is 12.1 Å². The van der Waals surface area contributed by atoms with Crippen LogP contribution in [0.5, 0.6) is 0 Å². The van der Waals surface area contributed by atoms with Gasteiger partial charge >= 0.3 is 11.4 Å². The van der Waals surface area contributed by atoms with E-state index < -0.39 is 37.5 Å². The van der Waals surface area contributed by atoms with E-state index in [1.54, 1.807) is 0 Å². The van der Waals surface area contributed by atoms with Gasteiger partial charge in [0, 0.05) is 0 Å². The van der Waals surface area contributed by atoms with Crippen molar-refractivity contribution < 1.29 is 14.8 Å². The SMILES string of the molecule is Br.Nc1c([N+](=O)[O-])cc([N+](=O)[O-])cc1[N+](=O)[O-]. The first-order valence-corrected chi connectivity index (χ1v) is 3.71. The fourth-order valence-corrected chi connectivity index (χ4v) is 1.02. The lowest BCUT2D eigenvalue weighted by atomic mass is 10.2. The fraction of sp³-hybridized carbons (Fsp3) is 0. The Kier molecular flexibility index (Phi) is 4.46. The summed E-state index contributed by atoms with van der Waals surface area (Å²) in [4.78, 5) is 28.3. The van der Waals surface area contributed by atoms with Crippen molar-refractivity contribution in [3.8, 4) is 0 Å². The molecule has 92 valence electrons. The van der Waals surface area contributed by atoms with Gasteiger partial charge in [-0.25, -0.2) is 0 Å². The monoisotopic (exact) mass is 308 g/mol. The van der Waals surface area contributed by atoms with Crippen molar-refractivity contribution in [3.63, 3.8) is 0 Å². The minimum Gasteiger partial charge on any atom is -0.387 e. The third kappa shape index (κ3) is 2.84. The van der Waals surface area contributed by atoms with Crippen LogP contribution in [0, 0.1) is 30.3 Å². The summed E-state index contributed by atoms with van der Waals surface area (Å²) < 4.78 is 0. The van der Waals surface area contributed by atoms with E-state index in [-0.39, 0.29) is 17.0 Å². The number of anilines is 1. The molecule has 0 amide bonds. The number of rotatable bonds is 3. The molecule has 0 aromatic heterocycles. The van der Waals surface area contributed by atoms with Crippen molar-refractivity contribution in [3.05, 3.63) is 42.5 Å². The Balaban J connectivity index is 0.00000256. The molecule has 0 aliphatic rings. The summed E-state index contributed by atoms with van der Waals surface area (Å²) in [5.74, 6) is 0. The summed E-state index contributed by atoms with van der Waals surface area (Å²) in [7, 11) is 0. The van der Waals surface area contributed by atoms with Gasteiger partial charge in [0.1, 0.15) is 0 Å². The summed E-state index contributed by atoms with van der Waals surface area (Å²) >= 11 is 0. The number of hydrogen-bond acceptors (Lipinski definition) is 7. The van der Waals surface area contributed by atoms with Crippen molar-refractivity contribution in [2.45, 2.75) is 0 Å². The Bertz CT molecular complexity index is 468. The Morgan fingerprint density at radius 2 is 1.24 bits per heavy atom. The van der Waals surface area contributed by atoms with Crippen LogP contribution in [-0.4, -0.2) is 14.8 Å². The molecule has 11 heteroatoms. The molecule has 17 heavy (non-hydrogen) atoms. The van der Waals surface area contributed by atoms with E-state index >= 15 is 0 Å². The minimum absolute atomic E-state index is 0. The highest BCUT2D eigenvalue weighted by atomic mass is 79.9. The van der Waals surface area contributed by atoms with Crippen molar-refractivity contribution in [2.75, 3.05) is 5.73 Å². The average molecular weight is 309 g/mol. The van der Waals surface area contributed by atoms with E-state index in [4.69, 9.17) is 5.73 Å². The quantitative estimate of drug-likeness (QED) is 0.504. The minimum atomic E-state index is -1.02. The van der Waals surface area contributed by atoms with Crippen LogP contribution in [0.25, 0.3) is 0 Å². The van der Waals surface area contributed by atoms with Crippen LogP contribution in [0.4, 0.5) is 22.7 Å². The molecule has 0 fully saturated rings. The standard InChI is InChI=1S/C6H4N4O6.BrH/c7-6-4(9(13)14)1-3(8(11)12)2-5(6)10(15)16;/h1-2H,7H2;1H. The molecular weight excluding hydrogens is 304 g/mol. The molecule has 0 heterocycles.